The van der Waals surface area contributed by atoms with E-state index >= 15 is 0 Å². The van der Waals surface area contributed by atoms with Crippen LogP contribution in [0.2, 0.25) is 0 Å². The SMILES string of the molecule is CSCCC(NC(=O)C(N)CCCN=C(N)N)C(=O)NCC(=O)NC(Cc1ccc(O)cc1)C(=O)O. The van der Waals surface area contributed by atoms with Crippen molar-refractivity contribution in [2.45, 2.75) is 43.8 Å². The van der Waals surface area contributed by atoms with E-state index in [9.17, 15) is 29.4 Å². The molecule has 200 valence electrons. The van der Waals surface area contributed by atoms with E-state index < -0.39 is 48.4 Å². The number of hydrogen-bond acceptors (Lipinski definition) is 8. The van der Waals surface area contributed by atoms with Gasteiger partial charge in [0.05, 0.1) is 12.6 Å². The van der Waals surface area contributed by atoms with E-state index in [1.165, 1.54) is 23.9 Å². The first-order valence-corrected chi connectivity index (χ1v) is 12.6. The number of thioether (sulfide) groups is 1. The number of carbonyl (C=O) groups excluding carboxylic acids is 3. The summed E-state index contributed by atoms with van der Waals surface area (Å²) in [5.41, 5.74) is 17.0. The van der Waals surface area contributed by atoms with Crippen molar-refractivity contribution in [2.75, 3.05) is 25.1 Å². The van der Waals surface area contributed by atoms with Gasteiger partial charge < -0.3 is 43.4 Å². The molecule has 13 nitrogen and oxygen atoms in total. The molecule has 3 unspecified atom stereocenters. The molecule has 0 spiro atoms. The van der Waals surface area contributed by atoms with Crippen LogP contribution in [0.4, 0.5) is 0 Å². The normalized spacial score (nSPS) is 13.1. The zero-order chi connectivity index (χ0) is 27.1. The second-order valence-electron chi connectivity index (χ2n) is 7.94. The molecule has 0 saturated heterocycles. The average Bonchev–Trinajstić information content (AvgIpc) is 2.83. The summed E-state index contributed by atoms with van der Waals surface area (Å²) < 4.78 is 0. The van der Waals surface area contributed by atoms with Crippen LogP contribution in [0.25, 0.3) is 0 Å². The Morgan fingerprint density at radius 1 is 1.03 bits per heavy atom. The van der Waals surface area contributed by atoms with Gasteiger partial charge in [0.15, 0.2) is 5.96 Å². The fraction of sp³-hybridized carbons (Fsp3) is 0.500. The maximum absolute atomic E-state index is 12.6. The first-order valence-electron chi connectivity index (χ1n) is 11.2. The van der Waals surface area contributed by atoms with Gasteiger partial charge >= 0.3 is 5.97 Å². The van der Waals surface area contributed by atoms with Gasteiger partial charge in [0.2, 0.25) is 17.7 Å². The number of aromatic hydroxyl groups is 1. The number of hydrogen-bond donors (Lipinski definition) is 8. The number of carboxylic acids is 1. The lowest BCUT2D eigenvalue weighted by Gasteiger charge is -2.21. The third kappa shape index (κ3) is 12.3. The lowest BCUT2D eigenvalue weighted by atomic mass is 10.1. The van der Waals surface area contributed by atoms with Gasteiger partial charge in [-0.05, 0) is 49.0 Å². The second-order valence-corrected chi connectivity index (χ2v) is 8.93. The van der Waals surface area contributed by atoms with Crippen molar-refractivity contribution in [3.05, 3.63) is 29.8 Å². The van der Waals surface area contributed by atoms with Gasteiger partial charge in [-0.2, -0.15) is 11.8 Å². The molecule has 0 aliphatic heterocycles. The topological polar surface area (TPSA) is 235 Å². The predicted molar refractivity (Wildman–Crippen MR) is 137 cm³/mol. The highest BCUT2D eigenvalue weighted by Crippen LogP contribution is 2.11. The number of amides is 3. The Kier molecular flexibility index (Phi) is 13.7. The van der Waals surface area contributed by atoms with Crippen LogP contribution >= 0.6 is 11.8 Å². The Bertz CT molecular complexity index is 909. The van der Waals surface area contributed by atoms with Crippen molar-refractivity contribution in [3.8, 4) is 5.75 Å². The van der Waals surface area contributed by atoms with E-state index in [0.717, 1.165) is 0 Å². The minimum Gasteiger partial charge on any atom is -0.508 e. The van der Waals surface area contributed by atoms with Gasteiger partial charge in [-0.3, -0.25) is 19.4 Å². The number of nitrogens with one attached hydrogen (secondary N) is 3. The third-order valence-corrected chi connectivity index (χ3v) is 5.62. The maximum atomic E-state index is 12.6. The average molecular weight is 526 g/mol. The van der Waals surface area contributed by atoms with Crippen molar-refractivity contribution in [2.24, 2.45) is 22.2 Å². The first kappa shape index (κ1) is 30.5. The second kappa shape index (κ2) is 16.2. The van der Waals surface area contributed by atoms with Crippen LogP contribution in [-0.4, -0.2) is 83.1 Å². The van der Waals surface area contributed by atoms with Crippen molar-refractivity contribution < 1.29 is 29.4 Å². The maximum Gasteiger partial charge on any atom is 0.326 e. The number of guanidine groups is 1. The summed E-state index contributed by atoms with van der Waals surface area (Å²) in [6.45, 7) is -0.159. The minimum absolute atomic E-state index is 0.0111. The van der Waals surface area contributed by atoms with Crippen LogP contribution in [0.3, 0.4) is 0 Å². The highest BCUT2D eigenvalue weighted by atomic mass is 32.2. The number of carbonyl (C=O) groups is 4. The molecule has 0 aliphatic carbocycles. The number of rotatable bonds is 16. The van der Waals surface area contributed by atoms with Gasteiger partial charge in [-0.25, -0.2) is 4.79 Å². The summed E-state index contributed by atoms with van der Waals surface area (Å²) in [4.78, 5) is 52.8. The standard InChI is InChI=1S/C22H35N7O6S/c1-36-10-8-16(29-19(32)15(23)3-2-9-26-22(24)25)20(33)27-12-18(31)28-17(21(34)35)11-13-4-6-14(30)7-5-13/h4-7,15-17,30H,2-3,8-12,23H2,1H3,(H,27,33)(H,28,31)(H,29,32)(H,34,35)(H4,24,25,26). The molecule has 14 heteroatoms. The molecule has 3 atom stereocenters. The number of carboxylic acid groups (broad SMARTS) is 1. The molecule has 3 amide bonds. The zero-order valence-electron chi connectivity index (χ0n) is 20.1. The highest BCUT2D eigenvalue weighted by molar-refractivity contribution is 7.98. The molecule has 0 bridgehead atoms. The molecule has 1 aromatic carbocycles. The lowest BCUT2D eigenvalue weighted by Crippen LogP contribution is -2.53. The fourth-order valence-corrected chi connectivity index (χ4v) is 3.51. The van der Waals surface area contributed by atoms with Crippen LogP contribution in [0.15, 0.2) is 29.3 Å². The largest absolute Gasteiger partial charge is 0.508 e. The van der Waals surface area contributed by atoms with Crippen LogP contribution in [0.1, 0.15) is 24.8 Å². The molecule has 11 N–H and O–H groups in total. The number of benzene rings is 1. The van der Waals surface area contributed by atoms with E-state index in [2.05, 4.69) is 20.9 Å². The number of nitrogens with two attached hydrogens (primary N) is 3. The molecular weight excluding hydrogens is 490 g/mol. The molecule has 0 aromatic heterocycles. The Labute approximate surface area is 213 Å². The van der Waals surface area contributed by atoms with Crippen molar-refractivity contribution in [3.63, 3.8) is 0 Å². The highest BCUT2D eigenvalue weighted by Gasteiger charge is 2.25. The van der Waals surface area contributed by atoms with Gasteiger partial charge in [-0.15, -0.1) is 0 Å². The van der Waals surface area contributed by atoms with E-state index in [4.69, 9.17) is 17.2 Å². The molecule has 0 fully saturated rings. The molecule has 0 radical (unpaired) electrons. The Morgan fingerprint density at radius 2 is 1.69 bits per heavy atom. The van der Waals surface area contributed by atoms with Crippen LogP contribution in [0, 0.1) is 0 Å². The quantitative estimate of drug-likeness (QED) is 0.0687. The molecular formula is C22H35N7O6S. The van der Waals surface area contributed by atoms with E-state index in [-0.39, 0.29) is 18.1 Å². The molecule has 0 aliphatic rings. The van der Waals surface area contributed by atoms with Crippen molar-refractivity contribution in [1.29, 1.82) is 0 Å². The van der Waals surface area contributed by atoms with Crippen LogP contribution < -0.4 is 33.2 Å². The molecule has 0 heterocycles. The number of phenols is 1. The number of aliphatic carboxylic acids is 1. The summed E-state index contributed by atoms with van der Waals surface area (Å²) in [6.07, 6.45) is 2.92. The summed E-state index contributed by atoms with van der Waals surface area (Å²) in [5, 5.41) is 26.2. The molecule has 1 aromatic rings. The predicted octanol–water partition coefficient (Wildman–Crippen LogP) is -1.76. The van der Waals surface area contributed by atoms with Crippen LogP contribution in [0.5, 0.6) is 5.75 Å². The smallest absolute Gasteiger partial charge is 0.326 e. The summed E-state index contributed by atoms with van der Waals surface area (Å²) >= 11 is 1.48. The fourth-order valence-electron chi connectivity index (χ4n) is 3.04. The first-order chi connectivity index (χ1) is 17.0. The number of phenolic OH excluding ortho intramolecular Hbond substituents is 1. The summed E-state index contributed by atoms with van der Waals surface area (Å²) in [6, 6.07) is 2.89. The number of nitrogens with zero attached hydrogens (tertiary/aromatic N) is 1. The van der Waals surface area contributed by atoms with E-state index in [1.807, 2.05) is 6.26 Å². The summed E-state index contributed by atoms with van der Waals surface area (Å²) in [7, 11) is 0. The van der Waals surface area contributed by atoms with Gasteiger partial charge in [-0.1, -0.05) is 12.1 Å². The van der Waals surface area contributed by atoms with Crippen LogP contribution in [-0.2, 0) is 25.6 Å². The van der Waals surface area contributed by atoms with E-state index in [0.29, 0.717) is 37.1 Å². The summed E-state index contributed by atoms with van der Waals surface area (Å²) in [5.74, 6) is -2.52. The minimum atomic E-state index is -1.25. The van der Waals surface area contributed by atoms with Gasteiger partial charge in [0.1, 0.15) is 17.8 Å². The van der Waals surface area contributed by atoms with E-state index in [1.54, 1.807) is 12.1 Å². The van der Waals surface area contributed by atoms with Crippen molar-refractivity contribution >= 4 is 41.4 Å². The Morgan fingerprint density at radius 3 is 2.28 bits per heavy atom. The molecule has 1 rings (SSSR count). The molecule has 36 heavy (non-hydrogen) atoms. The Hall–Kier alpha value is -3.52. The molecule has 0 saturated carbocycles. The number of aliphatic imine (C=N–C) groups is 1. The monoisotopic (exact) mass is 525 g/mol. The van der Waals surface area contributed by atoms with Gasteiger partial charge in [0.25, 0.3) is 0 Å². The van der Waals surface area contributed by atoms with Crippen molar-refractivity contribution in [1.82, 2.24) is 16.0 Å². The Balaban J connectivity index is 2.62. The van der Waals surface area contributed by atoms with Gasteiger partial charge in [0, 0.05) is 13.0 Å². The zero-order valence-corrected chi connectivity index (χ0v) is 20.9. The third-order valence-electron chi connectivity index (χ3n) is 4.98. The lowest BCUT2D eigenvalue weighted by molar-refractivity contribution is -0.141.